The fraction of sp³-hybridized carbons (Fsp3) is 0.455. The molecule has 0 amide bonds. The second-order valence-electron chi connectivity index (χ2n) is 3.76. The third kappa shape index (κ3) is 1.25. The molecule has 0 radical (unpaired) electrons. The van der Waals surface area contributed by atoms with Gasteiger partial charge in [0, 0.05) is 0 Å². The Morgan fingerprint density at radius 1 is 1.33 bits per heavy atom. The first kappa shape index (κ1) is 7.81. The van der Waals surface area contributed by atoms with Gasteiger partial charge in [0.1, 0.15) is 0 Å². The maximum atomic E-state index is 9.73. The predicted octanol–water partition coefficient (Wildman–Crippen LogP) is 2.30. The Kier molecular flexibility index (Phi) is 1.89. The smallest absolute Gasteiger partial charge is 0.0795 e. The molecule has 0 aliphatic heterocycles. The van der Waals surface area contributed by atoms with Crippen molar-refractivity contribution in [2.45, 2.75) is 25.9 Å². The minimum absolute atomic E-state index is 0.232. The van der Waals surface area contributed by atoms with Crippen LogP contribution in [-0.4, -0.2) is 5.11 Å². The van der Waals surface area contributed by atoms with Gasteiger partial charge < -0.3 is 5.11 Å². The standard InChI is InChI=1S/C11H14O/c1-8-6-9-4-2-3-5-10(9)11(12)7-8/h2-5,8,11-12H,6-7H2,1H3/t8-,11+/m0/s1. The third-order valence-electron chi connectivity index (χ3n) is 2.61. The number of aliphatic hydroxyl groups is 1. The predicted molar refractivity (Wildman–Crippen MR) is 48.9 cm³/mol. The van der Waals surface area contributed by atoms with Crippen molar-refractivity contribution in [3.63, 3.8) is 0 Å². The monoisotopic (exact) mass is 162 g/mol. The van der Waals surface area contributed by atoms with Gasteiger partial charge in [-0.15, -0.1) is 0 Å². The molecule has 1 aromatic rings. The van der Waals surface area contributed by atoms with Crippen molar-refractivity contribution in [3.8, 4) is 0 Å². The lowest BCUT2D eigenvalue weighted by molar-refractivity contribution is 0.136. The van der Waals surface area contributed by atoms with Crippen LogP contribution in [0.3, 0.4) is 0 Å². The first-order chi connectivity index (χ1) is 5.77. The van der Waals surface area contributed by atoms with Crippen LogP contribution in [0, 0.1) is 5.92 Å². The van der Waals surface area contributed by atoms with Gasteiger partial charge in [-0.05, 0) is 29.9 Å². The Bertz CT molecular complexity index is 280. The summed E-state index contributed by atoms with van der Waals surface area (Å²) >= 11 is 0. The molecule has 0 saturated heterocycles. The van der Waals surface area contributed by atoms with Crippen LogP contribution in [-0.2, 0) is 6.42 Å². The lowest BCUT2D eigenvalue weighted by Gasteiger charge is -2.25. The minimum atomic E-state index is -0.232. The highest BCUT2D eigenvalue weighted by atomic mass is 16.3. The van der Waals surface area contributed by atoms with Gasteiger partial charge in [-0.25, -0.2) is 0 Å². The molecule has 12 heavy (non-hydrogen) atoms. The molecule has 1 nitrogen and oxygen atoms in total. The molecule has 0 aromatic heterocycles. The molecule has 64 valence electrons. The molecular weight excluding hydrogens is 148 g/mol. The molecule has 0 heterocycles. The van der Waals surface area contributed by atoms with E-state index in [1.165, 1.54) is 5.56 Å². The topological polar surface area (TPSA) is 20.2 Å². The van der Waals surface area contributed by atoms with Crippen molar-refractivity contribution in [3.05, 3.63) is 35.4 Å². The van der Waals surface area contributed by atoms with Gasteiger partial charge >= 0.3 is 0 Å². The van der Waals surface area contributed by atoms with Crippen LogP contribution >= 0.6 is 0 Å². The van der Waals surface area contributed by atoms with Gasteiger partial charge in [-0.1, -0.05) is 31.2 Å². The minimum Gasteiger partial charge on any atom is -0.388 e. The summed E-state index contributed by atoms with van der Waals surface area (Å²) in [4.78, 5) is 0. The molecule has 1 aliphatic carbocycles. The van der Waals surface area contributed by atoms with E-state index in [0.717, 1.165) is 18.4 Å². The second kappa shape index (κ2) is 2.91. The number of hydrogen-bond donors (Lipinski definition) is 1. The van der Waals surface area contributed by atoms with Crippen LogP contribution in [0.25, 0.3) is 0 Å². The molecule has 2 atom stereocenters. The normalized spacial score (nSPS) is 28.2. The Morgan fingerprint density at radius 2 is 2.08 bits per heavy atom. The number of benzene rings is 1. The van der Waals surface area contributed by atoms with E-state index in [1.807, 2.05) is 18.2 Å². The summed E-state index contributed by atoms with van der Waals surface area (Å²) in [5.41, 5.74) is 2.46. The van der Waals surface area contributed by atoms with Crippen molar-refractivity contribution in [2.75, 3.05) is 0 Å². The fourth-order valence-corrected chi connectivity index (χ4v) is 2.01. The van der Waals surface area contributed by atoms with Gasteiger partial charge in [-0.2, -0.15) is 0 Å². The molecule has 0 spiro atoms. The summed E-state index contributed by atoms with van der Waals surface area (Å²) in [6, 6.07) is 8.20. The van der Waals surface area contributed by atoms with E-state index in [0.29, 0.717) is 5.92 Å². The fourth-order valence-electron chi connectivity index (χ4n) is 2.01. The largest absolute Gasteiger partial charge is 0.388 e. The van der Waals surface area contributed by atoms with Crippen molar-refractivity contribution in [2.24, 2.45) is 5.92 Å². The van der Waals surface area contributed by atoms with Gasteiger partial charge in [0.15, 0.2) is 0 Å². The van der Waals surface area contributed by atoms with Crippen molar-refractivity contribution >= 4 is 0 Å². The molecule has 1 heteroatoms. The zero-order valence-electron chi connectivity index (χ0n) is 7.33. The van der Waals surface area contributed by atoms with E-state index < -0.39 is 0 Å². The van der Waals surface area contributed by atoms with Crippen LogP contribution in [0.1, 0.15) is 30.6 Å². The number of aliphatic hydroxyl groups excluding tert-OH is 1. The molecule has 0 bridgehead atoms. The highest BCUT2D eigenvalue weighted by molar-refractivity contribution is 5.31. The Balaban J connectivity index is 2.40. The maximum absolute atomic E-state index is 9.73. The lowest BCUT2D eigenvalue weighted by atomic mass is 9.83. The van der Waals surface area contributed by atoms with Gasteiger partial charge in [-0.3, -0.25) is 0 Å². The summed E-state index contributed by atoms with van der Waals surface area (Å²) in [7, 11) is 0. The first-order valence-corrected chi connectivity index (χ1v) is 4.53. The van der Waals surface area contributed by atoms with Crippen molar-refractivity contribution in [1.29, 1.82) is 0 Å². The Morgan fingerprint density at radius 3 is 2.92 bits per heavy atom. The molecule has 0 fully saturated rings. The number of rotatable bonds is 0. The molecular formula is C11H14O. The van der Waals surface area contributed by atoms with Crippen molar-refractivity contribution < 1.29 is 5.11 Å². The summed E-state index contributed by atoms with van der Waals surface area (Å²) < 4.78 is 0. The number of hydrogen-bond acceptors (Lipinski definition) is 1. The maximum Gasteiger partial charge on any atom is 0.0795 e. The first-order valence-electron chi connectivity index (χ1n) is 4.53. The third-order valence-corrected chi connectivity index (χ3v) is 2.61. The summed E-state index contributed by atoms with van der Waals surface area (Å²) in [5.74, 6) is 0.620. The average Bonchev–Trinajstić information content (AvgIpc) is 2.04. The van der Waals surface area contributed by atoms with Crippen LogP contribution < -0.4 is 0 Å². The van der Waals surface area contributed by atoms with Crippen LogP contribution in [0.4, 0.5) is 0 Å². The number of fused-ring (bicyclic) bond motifs is 1. The highest BCUT2D eigenvalue weighted by Crippen LogP contribution is 2.32. The molecule has 2 rings (SSSR count). The average molecular weight is 162 g/mol. The highest BCUT2D eigenvalue weighted by Gasteiger charge is 2.21. The molecule has 1 aliphatic rings. The lowest BCUT2D eigenvalue weighted by Crippen LogP contribution is -2.15. The molecule has 0 saturated carbocycles. The van der Waals surface area contributed by atoms with Gasteiger partial charge in [0.25, 0.3) is 0 Å². The zero-order chi connectivity index (χ0) is 8.55. The van der Waals surface area contributed by atoms with E-state index in [1.54, 1.807) is 0 Å². The molecule has 0 unspecified atom stereocenters. The quantitative estimate of drug-likeness (QED) is 0.620. The Hall–Kier alpha value is -0.820. The van der Waals surface area contributed by atoms with Crippen LogP contribution in [0.5, 0.6) is 0 Å². The molecule has 1 aromatic carbocycles. The van der Waals surface area contributed by atoms with Crippen molar-refractivity contribution in [1.82, 2.24) is 0 Å². The van der Waals surface area contributed by atoms with Crippen LogP contribution in [0.2, 0.25) is 0 Å². The second-order valence-corrected chi connectivity index (χ2v) is 3.76. The Labute approximate surface area is 73.0 Å². The van der Waals surface area contributed by atoms with E-state index in [2.05, 4.69) is 13.0 Å². The SMILES string of the molecule is C[C@H]1Cc2ccccc2[C@H](O)C1. The summed E-state index contributed by atoms with van der Waals surface area (Å²) in [6.07, 6.45) is 1.80. The van der Waals surface area contributed by atoms with Gasteiger partial charge in [0.05, 0.1) is 6.10 Å². The summed E-state index contributed by atoms with van der Waals surface area (Å²) in [5, 5.41) is 9.73. The van der Waals surface area contributed by atoms with E-state index in [9.17, 15) is 5.11 Å². The molecule has 1 N–H and O–H groups in total. The zero-order valence-corrected chi connectivity index (χ0v) is 7.33. The van der Waals surface area contributed by atoms with E-state index in [4.69, 9.17) is 0 Å². The summed E-state index contributed by atoms with van der Waals surface area (Å²) in [6.45, 7) is 2.19. The van der Waals surface area contributed by atoms with E-state index >= 15 is 0 Å². The van der Waals surface area contributed by atoms with Gasteiger partial charge in [0.2, 0.25) is 0 Å². The van der Waals surface area contributed by atoms with Crippen LogP contribution in [0.15, 0.2) is 24.3 Å². The van der Waals surface area contributed by atoms with E-state index in [-0.39, 0.29) is 6.10 Å².